The third-order valence-electron chi connectivity index (χ3n) is 3.89. The van der Waals surface area contributed by atoms with Gasteiger partial charge in [-0.25, -0.2) is 0 Å². The molecule has 0 unspecified atom stereocenters. The van der Waals surface area contributed by atoms with E-state index in [1.165, 1.54) is 12.1 Å². The smallest absolute Gasteiger partial charge is 0.406 e. The van der Waals surface area contributed by atoms with Gasteiger partial charge < -0.3 is 10.1 Å². The fraction of sp³-hybridized carbons (Fsp3) is 0.350. The molecule has 2 aromatic rings. The van der Waals surface area contributed by atoms with Crippen LogP contribution in [0, 0.1) is 6.92 Å². The summed E-state index contributed by atoms with van der Waals surface area (Å²) in [6.07, 6.45) is -3.85. The predicted molar refractivity (Wildman–Crippen MR) is 98.5 cm³/mol. The Hall–Kier alpha value is -2.54. The van der Waals surface area contributed by atoms with Gasteiger partial charge in [-0.15, -0.1) is 13.2 Å². The van der Waals surface area contributed by atoms with Crippen molar-refractivity contribution in [2.24, 2.45) is 0 Å². The third kappa shape index (κ3) is 7.30. The van der Waals surface area contributed by atoms with Crippen molar-refractivity contribution in [2.75, 3.05) is 18.4 Å². The summed E-state index contributed by atoms with van der Waals surface area (Å²) in [5.41, 5.74) is 2.56. The fourth-order valence-corrected chi connectivity index (χ4v) is 2.69. The first-order valence-corrected chi connectivity index (χ1v) is 8.69. The fourth-order valence-electron chi connectivity index (χ4n) is 2.69. The van der Waals surface area contributed by atoms with Gasteiger partial charge in [-0.1, -0.05) is 37.3 Å². The van der Waals surface area contributed by atoms with Gasteiger partial charge in [0, 0.05) is 12.2 Å². The summed E-state index contributed by atoms with van der Waals surface area (Å²) in [6.45, 7) is 5.28. The van der Waals surface area contributed by atoms with Gasteiger partial charge in [0.05, 0.1) is 6.54 Å². The Bertz CT molecular complexity index is 746. The standard InChI is InChI=1S/C20H23F3N2O2/c1-3-12-25(14-19(26)24-18-7-5-4-6-15(18)2)13-16-8-10-17(11-9-16)27-20(21,22)23/h4-11H,3,12-14H2,1-2H3,(H,24,26). The van der Waals surface area contributed by atoms with Gasteiger partial charge in [0.1, 0.15) is 5.75 Å². The van der Waals surface area contributed by atoms with E-state index in [1.807, 2.05) is 43.0 Å². The lowest BCUT2D eigenvalue weighted by molar-refractivity contribution is -0.274. The molecule has 0 aliphatic carbocycles. The van der Waals surface area contributed by atoms with E-state index in [-0.39, 0.29) is 18.2 Å². The number of carbonyl (C=O) groups is 1. The Morgan fingerprint density at radius 3 is 2.37 bits per heavy atom. The van der Waals surface area contributed by atoms with Crippen LogP contribution in [0.3, 0.4) is 0 Å². The van der Waals surface area contributed by atoms with Gasteiger partial charge in [-0.3, -0.25) is 9.69 Å². The van der Waals surface area contributed by atoms with Crippen LogP contribution in [0.25, 0.3) is 0 Å². The first kappa shape index (κ1) is 20.8. The van der Waals surface area contributed by atoms with E-state index in [4.69, 9.17) is 0 Å². The van der Waals surface area contributed by atoms with E-state index < -0.39 is 6.36 Å². The minimum Gasteiger partial charge on any atom is -0.406 e. The number of hydrogen-bond donors (Lipinski definition) is 1. The highest BCUT2D eigenvalue weighted by Crippen LogP contribution is 2.23. The topological polar surface area (TPSA) is 41.6 Å². The van der Waals surface area contributed by atoms with Gasteiger partial charge >= 0.3 is 6.36 Å². The normalized spacial score (nSPS) is 11.5. The molecule has 0 atom stereocenters. The lowest BCUT2D eigenvalue weighted by atomic mass is 10.2. The zero-order valence-electron chi connectivity index (χ0n) is 15.3. The summed E-state index contributed by atoms with van der Waals surface area (Å²) in [6, 6.07) is 13.2. The molecule has 0 aliphatic rings. The molecule has 7 heteroatoms. The van der Waals surface area contributed by atoms with E-state index in [2.05, 4.69) is 10.1 Å². The van der Waals surface area contributed by atoms with Crippen LogP contribution in [0.5, 0.6) is 5.75 Å². The van der Waals surface area contributed by atoms with Gasteiger partial charge in [-0.2, -0.15) is 0 Å². The van der Waals surface area contributed by atoms with Crippen LogP contribution in [0.15, 0.2) is 48.5 Å². The Morgan fingerprint density at radius 2 is 1.78 bits per heavy atom. The first-order valence-electron chi connectivity index (χ1n) is 8.69. The van der Waals surface area contributed by atoms with E-state index in [9.17, 15) is 18.0 Å². The number of anilines is 1. The minimum absolute atomic E-state index is 0.130. The Morgan fingerprint density at radius 1 is 1.11 bits per heavy atom. The van der Waals surface area contributed by atoms with Crippen molar-refractivity contribution < 1.29 is 22.7 Å². The zero-order chi connectivity index (χ0) is 19.9. The second-order valence-electron chi connectivity index (χ2n) is 6.27. The summed E-state index contributed by atoms with van der Waals surface area (Å²) in [5.74, 6) is -0.389. The molecule has 0 spiro atoms. The van der Waals surface area contributed by atoms with Crippen LogP contribution < -0.4 is 10.1 Å². The molecule has 0 saturated carbocycles. The molecule has 0 fully saturated rings. The molecular formula is C20H23F3N2O2. The first-order chi connectivity index (χ1) is 12.8. The molecule has 0 aliphatic heterocycles. The number of amides is 1. The number of ether oxygens (including phenoxy) is 1. The number of halogens is 3. The Kier molecular flexibility index (Phi) is 7.24. The molecule has 0 aromatic heterocycles. The van der Waals surface area contributed by atoms with Crippen molar-refractivity contribution in [3.63, 3.8) is 0 Å². The molecule has 2 rings (SSSR count). The van der Waals surface area contributed by atoms with Crippen LogP contribution in [0.4, 0.5) is 18.9 Å². The molecule has 27 heavy (non-hydrogen) atoms. The highest BCUT2D eigenvalue weighted by atomic mass is 19.4. The number of para-hydroxylation sites is 1. The average molecular weight is 380 g/mol. The lowest BCUT2D eigenvalue weighted by Gasteiger charge is -2.21. The number of nitrogens with one attached hydrogen (secondary N) is 1. The predicted octanol–water partition coefficient (Wildman–Crippen LogP) is 4.74. The number of alkyl halides is 3. The lowest BCUT2D eigenvalue weighted by Crippen LogP contribution is -2.33. The van der Waals surface area contributed by atoms with Crippen molar-refractivity contribution in [1.82, 2.24) is 4.90 Å². The van der Waals surface area contributed by atoms with Crippen LogP contribution >= 0.6 is 0 Å². The van der Waals surface area contributed by atoms with Gasteiger partial charge in [0.15, 0.2) is 0 Å². The second-order valence-corrected chi connectivity index (χ2v) is 6.27. The Balaban J connectivity index is 1.96. The number of nitrogens with zero attached hydrogens (tertiary/aromatic N) is 1. The maximum absolute atomic E-state index is 12.4. The monoisotopic (exact) mass is 380 g/mol. The van der Waals surface area contributed by atoms with Crippen LogP contribution in [-0.4, -0.2) is 30.3 Å². The Labute approximate surface area is 156 Å². The quantitative estimate of drug-likeness (QED) is 0.719. The minimum atomic E-state index is -4.70. The summed E-state index contributed by atoms with van der Waals surface area (Å²) in [7, 11) is 0. The summed E-state index contributed by atoms with van der Waals surface area (Å²) >= 11 is 0. The summed E-state index contributed by atoms with van der Waals surface area (Å²) in [4.78, 5) is 14.3. The SMILES string of the molecule is CCCN(CC(=O)Nc1ccccc1C)Cc1ccc(OC(F)(F)F)cc1. The molecule has 0 radical (unpaired) electrons. The number of rotatable bonds is 8. The number of aryl methyl sites for hydroxylation is 1. The van der Waals surface area contributed by atoms with Gasteiger partial charge in [-0.05, 0) is 49.2 Å². The maximum atomic E-state index is 12.4. The van der Waals surface area contributed by atoms with Crippen LogP contribution in [0.2, 0.25) is 0 Å². The zero-order valence-corrected chi connectivity index (χ0v) is 15.3. The molecular weight excluding hydrogens is 357 g/mol. The number of carbonyl (C=O) groups excluding carboxylic acids is 1. The molecule has 4 nitrogen and oxygen atoms in total. The van der Waals surface area contributed by atoms with Gasteiger partial charge in [0.25, 0.3) is 0 Å². The van der Waals surface area contributed by atoms with Crippen molar-refractivity contribution in [1.29, 1.82) is 0 Å². The highest BCUT2D eigenvalue weighted by molar-refractivity contribution is 5.92. The molecule has 1 N–H and O–H groups in total. The largest absolute Gasteiger partial charge is 0.573 e. The van der Waals surface area contributed by atoms with Crippen molar-refractivity contribution in [2.45, 2.75) is 33.2 Å². The maximum Gasteiger partial charge on any atom is 0.573 e. The second kappa shape index (κ2) is 9.41. The van der Waals surface area contributed by atoms with Crippen molar-refractivity contribution in [3.05, 3.63) is 59.7 Å². The molecule has 2 aromatic carbocycles. The molecule has 0 saturated heterocycles. The number of hydrogen-bond acceptors (Lipinski definition) is 3. The molecule has 1 amide bonds. The third-order valence-corrected chi connectivity index (χ3v) is 3.89. The van der Waals surface area contributed by atoms with E-state index in [1.54, 1.807) is 12.1 Å². The summed E-state index contributed by atoms with van der Waals surface area (Å²) in [5, 5.41) is 2.89. The van der Waals surface area contributed by atoms with E-state index >= 15 is 0 Å². The molecule has 146 valence electrons. The molecule has 0 heterocycles. The summed E-state index contributed by atoms with van der Waals surface area (Å²) < 4.78 is 40.6. The average Bonchev–Trinajstić information content (AvgIpc) is 2.57. The number of benzene rings is 2. The van der Waals surface area contributed by atoms with Crippen molar-refractivity contribution in [3.8, 4) is 5.75 Å². The van der Waals surface area contributed by atoms with E-state index in [0.717, 1.165) is 23.2 Å². The molecule has 0 bridgehead atoms. The van der Waals surface area contributed by atoms with Crippen LogP contribution in [0.1, 0.15) is 24.5 Å². The van der Waals surface area contributed by atoms with E-state index in [0.29, 0.717) is 13.1 Å². The van der Waals surface area contributed by atoms with Crippen LogP contribution in [-0.2, 0) is 11.3 Å². The highest BCUT2D eigenvalue weighted by Gasteiger charge is 2.30. The van der Waals surface area contributed by atoms with Gasteiger partial charge in [0.2, 0.25) is 5.91 Å². The van der Waals surface area contributed by atoms with Crippen molar-refractivity contribution >= 4 is 11.6 Å².